The molecule has 0 unspecified atom stereocenters. The maximum absolute atomic E-state index is 10.8. The van der Waals surface area contributed by atoms with Crippen molar-refractivity contribution in [3.05, 3.63) is 41.6 Å². The summed E-state index contributed by atoms with van der Waals surface area (Å²) in [5, 5.41) is 4.00. The Morgan fingerprint density at radius 3 is 2.72 bits per heavy atom. The van der Waals surface area contributed by atoms with Crippen LogP contribution in [-0.2, 0) is 11.2 Å². The van der Waals surface area contributed by atoms with Gasteiger partial charge in [-0.3, -0.25) is 4.79 Å². The summed E-state index contributed by atoms with van der Waals surface area (Å²) in [5.41, 5.74) is 8.08. The zero-order valence-corrected chi connectivity index (χ0v) is 10.3. The molecule has 0 saturated heterocycles. The summed E-state index contributed by atoms with van der Waals surface area (Å²) in [6.45, 7) is 1.91. The van der Waals surface area contributed by atoms with Gasteiger partial charge in [0, 0.05) is 17.5 Å². The van der Waals surface area contributed by atoms with Crippen molar-refractivity contribution in [2.45, 2.75) is 26.2 Å². The summed E-state index contributed by atoms with van der Waals surface area (Å²) in [7, 11) is 0. The minimum absolute atomic E-state index is 0.273. The van der Waals surface area contributed by atoms with Crippen LogP contribution in [-0.4, -0.2) is 11.1 Å². The monoisotopic (exact) mass is 244 g/mol. The van der Waals surface area contributed by atoms with E-state index in [1.807, 2.05) is 37.3 Å². The number of primary amides is 1. The predicted octanol–water partition coefficient (Wildman–Crippen LogP) is 2.46. The molecular weight excluding hydrogens is 228 g/mol. The molecule has 0 bridgehead atoms. The average molecular weight is 244 g/mol. The Hall–Kier alpha value is -2.10. The van der Waals surface area contributed by atoms with Crippen molar-refractivity contribution in [3.8, 4) is 11.3 Å². The summed E-state index contributed by atoms with van der Waals surface area (Å²) < 4.78 is 5.37. The highest BCUT2D eigenvalue weighted by atomic mass is 16.5. The van der Waals surface area contributed by atoms with Gasteiger partial charge in [-0.25, -0.2) is 0 Å². The highest BCUT2D eigenvalue weighted by Crippen LogP contribution is 2.27. The fraction of sp³-hybridized carbons (Fsp3) is 0.286. The number of rotatable bonds is 5. The van der Waals surface area contributed by atoms with Crippen LogP contribution in [0.1, 0.15) is 24.1 Å². The van der Waals surface area contributed by atoms with Gasteiger partial charge in [-0.2, -0.15) is 0 Å². The summed E-state index contributed by atoms with van der Waals surface area (Å²) in [6.07, 6.45) is 1.86. The average Bonchev–Trinajstić information content (AvgIpc) is 2.72. The van der Waals surface area contributed by atoms with Crippen molar-refractivity contribution in [2.24, 2.45) is 5.73 Å². The van der Waals surface area contributed by atoms with Crippen LogP contribution in [0.4, 0.5) is 0 Å². The maximum atomic E-state index is 10.8. The Labute approximate surface area is 106 Å². The molecule has 0 radical (unpaired) electrons. The van der Waals surface area contributed by atoms with Crippen molar-refractivity contribution in [1.29, 1.82) is 0 Å². The molecule has 0 fully saturated rings. The Kier molecular flexibility index (Phi) is 3.77. The molecule has 94 valence electrons. The lowest BCUT2D eigenvalue weighted by Crippen LogP contribution is -2.10. The van der Waals surface area contributed by atoms with Gasteiger partial charge in [0.15, 0.2) is 5.76 Å². The van der Waals surface area contributed by atoms with E-state index in [0.717, 1.165) is 35.4 Å². The van der Waals surface area contributed by atoms with E-state index >= 15 is 0 Å². The van der Waals surface area contributed by atoms with Gasteiger partial charge in [0.2, 0.25) is 5.91 Å². The first-order valence-electron chi connectivity index (χ1n) is 5.97. The number of carbonyl (C=O) groups excluding carboxylic acids is 1. The van der Waals surface area contributed by atoms with Crippen LogP contribution in [0.25, 0.3) is 11.3 Å². The third-order valence-electron chi connectivity index (χ3n) is 2.87. The number of hydrogen-bond donors (Lipinski definition) is 1. The molecule has 18 heavy (non-hydrogen) atoms. The zero-order chi connectivity index (χ0) is 13.0. The highest BCUT2D eigenvalue weighted by molar-refractivity contribution is 5.73. The van der Waals surface area contributed by atoms with Crippen LogP contribution in [0.15, 0.2) is 34.9 Å². The Morgan fingerprint density at radius 1 is 1.33 bits per heavy atom. The van der Waals surface area contributed by atoms with Crippen LogP contribution >= 0.6 is 0 Å². The van der Waals surface area contributed by atoms with Crippen molar-refractivity contribution in [1.82, 2.24) is 5.16 Å². The first-order chi connectivity index (χ1) is 8.68. The molecule has 1 aromatic heterocycles. The molecule has 0 spiro atoms. The molecule has 1 aromatic carbocycles. The van der Waals surface area contributed by atoms with Gasteiger partial charge < -0.3 is 10.3 Å². The van der Waals surface area contributed by atoms with E-state index in [1.165, 1.54) is 0 Å². The number of carbonyl (C=O) groups is 1. The molecule has 1 amide bonds. The molecular formula is C14H16N2O2. The quantitative estimate of drug-likeness (QED) is 0.878. The Balaban J connectivity index is 2.20. The summed E-state index contributed by atoms with van der Waals surface area (Å²) >= 11 is 0. The van der Waals surface area contributed by atoms with Gasteiger partial charge in [0.05, 0.1) is 5.69 Å². The van der Waals surface area contributed by atoms with Crippen LogP contribution in [0.5, 0.6) is 0 Å². The lowest BCUT2D eigenvalue weighted by atomic mass is 10.0. The molecule has 0 aliphatic rings. The third kappa shape index (κ3) is 2.77. The van der Waals surface area contributed by atoms with E-state index in [1.54, 1.807) is 0 Å². The smallest absolute Gasteiger partial charge is 0.217 e. The summed E-state index contributed by atoms with van der Waals surface area (Å²) in [6, 6.07) is 9.84. The van der Waals surface area contributed by atoms with Gasteiger partial charge in [-0.1, -0.05) is 35.5 Å². The van der Waals surface area contributed by atoms with E-state index < -0.39 is 0 Å². The molecule has 0 saturated carbocycles. The number of aromatic nitrogens is 1. The Morgan fingerprint density at radius 2 is 2.06 bits per heavy atom. The number of hydrogen-bond acceptors (Lipinski definition) is 3. The van der Waals surface area contributed by atoms with E-state index in [2.05, 4.69) is 5.16 Å². The van der Waals surface area contributed by atoms with Crippen molar-refractivity contribution in [2.75, 3.05) is 0 Å². The maximum Gasteiger partial charge on any atom is 0.217 e. The van der Waals surface area contributed by atoms with Gasteiger partial charge in [0.1, 0.15) is 0 Å². The number of amides is 1. The van der Waals surface area contributed by atoms with Crippen LogP contribution < -0.4 is 5.73 Å². The van der Waals surface area contributed by atoms with Gasteiger partial charge >= 0.3 is 0 Å². The lowest BCUT2D eigenvalue weighted by molar-refractivity contribution is -0.118. The molecule has 0 aliphatic carbocycles. The van der Waals surface area contributed by atoms with Crippen molar-refractivity contribution < 1.29 is 9.32 Å². The highest BCUT2D eigenvalue weighted by Gasteiger charge is 2.14. The number of benzene rings is 1. The second-order valence-corrected chi connectivity index (χ2v) is 4.26. The molecule has 2 aromatic rings. The second kappa shape index (κ2) is 5.49. The lowest BCUT2D eigenvalue weighted by Gasteiger charge is -2.01. The van der Waals surface area contributed by atoms with E-state index in [9.17, 15) is 4.79 Å². The van der Waals surface area contributed by atoms with Crippen LogP contribution in [0, 0.1) is 6.92 Å². The summed E-state index contributed by atoms with van der Waals surface area (Å²) in [5.74, 6) is 0.517. The molecule has 4 heteroatoms. The minimum atomic E-state index is -0.273. The van der Waals surface area contributed by atoms with Crippen molar-refractivity contribution in [3.63, 3.8) is 0 Å². The van der Waals surface area contributed by atoms with Gasteiger partial charge in [0.25, 0.3) is 0 Å². The topological polar surface area (TPSA) is 69.1 Å². The molecule has 4 nitrogen and oxygen atoms in total. The summed E-state index contributed by atoms with van der Waals surface area (Å²) in [4.78, 5) is 10.8. The Bertz CT molecular complexity index is 532. The van der Waals surface area contributed by atoms with Gasteiger partial charge in [-0.05, 0) is 19.8 Å². The fourth-order valence-electron chi connectivity index (χ4n) is 1.94. The van der Waals surface area contributed by atoms with E-state index in [-0.39, 0.29) is 5.91 Å². The van der Waals surface area contributed by atoms with Crippen LogP contribution in [0.2, 0.25) is 0 Å². The van der Waals surface area contributed by atoms with Crippen molar-refractivity contribution >= 4 is 5.91 Å². The first-order valence-corrected chi connectivity index (χ1v) is 5.97. The molecule has 2 rings (SSSR count). The number of nitrogens with zero attached hydrogens (tertiary/aromatic N) is 1. The molecule has 0 atom stereocenters. The largest absolute Gasteiger partial charge is 0.370 e. The SMILES string of the molecule is Cc1noc(-c2ccccc2)c1CCCC(N)=O. The molecule has 0 aliphatic heterocycles. The molecule has 2 N–H and O–H groups in total. The van der Waals surface area contributed by atoms with E-state index in [4.69, 9.17) is 10.3 Å². The van der Waals surface area contributed by atoms with Crippen LogP contribution in [0.3, 0.4) is 0 Å². The predicted molar refractivity (Wildman–Crippen MR) is 68.8 cm³/mol. The molecule has 1 heterocycles. The number of aryl methyl sites for hydroxylation is 1. The third-order valence-corrected chi connectivity index (χ3v) is 2.87. The standard InChI is InChI=1S/C14H16N2O2/c1-10-12(8-5-9-13(15)17)14(18-16-10)11-6-3-2-4-7-11/h2-4,6-7H,5,8-9H2,1H3,(H2,15,17). The second-order valence-electron chi connectivity index (χ2n) is 4.26. The van der Waals surface area contributed by atoms with Gasteiger partial charge in [-0.15, -0.1) is 0 Å². The first kappa shape index (κ1) is 12.4. The minimum Gasteiger partial charge on any atom is -0.370 e. The normalized spacial score (nSPS) is 10.5. The fourth-order valence-corrected chi connectivity index (χ4v) is 1.94. The zero-order valence-electron chi connectivity index (χ0n) is 10.3. The number of nitrogens with two attached hydrogens (primary N) is 1. The van der Waals surface area contributed by atoms with E-state index in [0.29, 0.717) is 6.42 Å².